The second-order valence-corrected chi connectivity index (χ2v) is 4.14. The predicted molar refractivity (Wildman–Crippen MR) is 62.2 cm³/mol. The van der Waals surface area contributed by atoms with Crippen LogP contribution in [-0.2, 0) is 4.74 Å². The molecule has 2 rings (SSSR count). The fraction of sp³-hybridized carbons (Fsp3) is 0.556. The van der Waals surface area contributed by atoms with Gasteiger partial charge in [0.25, 0.3) is 0 Å². The van der Waals surface area contributed by atoms with Crippen LogP contribution in [0.4, 0.5) is 5.69 Å². The first-order valence-corrected chi connectivity index (χ1v) is 5.45. The number of rotatable bonds is 3. The lowest BCUT2D eigenvalue weighted by Gasteiger charge is -2.13. The van der Waals surface area contributed by atoms with Gasteiger partial charge in [-0.05, 0) is 0 Å². The lowest BCUT2D eigenvalue weighted by Crippen LogP contribution is -2.32. The van der Waals surface area contributed by atoms with Gasteiger partial charge in [0.05, 0.1) is 18.0 Å². The van der Waals surface area contributed by atoms with Crippen LogP contribution in [0, 0.1) is 0 Å². The fourth-order valence-electron chi connectivity index (χ4n) is 1.96. The van der Waals surface area contributed by atoms with Gasteiger partial charge in [0, 0.05) is 0 Å². The average Bonchev–Trinajstić information content (AvgIpc) is 2.91. The number of nitrogens with two attached hydrogens (primary N) is 2. The first-order valence-electron chi connectivity index (χ1n) is 5.45. The molecule has 9 N–H and O–H groups in total. The maximum absolute atomic E-state index is 9.84. The van der Waals surface area contributed by atoms with Gasteiger partial charge in [0.2, 0.25) is 0 Å². The van der Waals surface area contributed by atoms with Crippen molar-refractivity contribution in [2.24, 2.45) is 10.9 Å². The van der Waals surface area contributed by atoms with E-state index >= 15 is 0 Å². The van der Waals surface area contributed by atoms with Crippen LogP contribution in [0.5, 0.6) is 0 Å². The molecule has 1 aliphatic rings. The highest BCUT2D eigenvalue weighted by Crippen LogP contribution is 2.35. The van der Waals surface area contributed by atoms with Crippen molar-refractivity contribution in [2.45, 2.75) is 24.4 Å². The number of ether oxygens (including phenoxy) is 1. The molecule has 1 aromatic heterocycles. The zero-order valence-electron chi connectivity index (χ0n) is 9.76. The first kappa shape index (κ1) is 13.5. The number of oxime groups is 1. The highest BCUT2D eigenvalue weighted by molar-refractivity contribution is 6.00. The van der Waals surface area contributed by atoms with Gasteiger partial charge in [-0.2, -0.15) is 5.10 Å². The van der Waals surface area contributed by atoms with Gasteiger partial charge in [0.1, 0.15) is 24.4 Å². The third kappa shape index (κ3) is 2.10. The molecule has 0 amide bonds. The Kier molecular flexibility index (Phi) is 3.57. The Morgan fingerprint density at radius 2 is 2.11 bits per heavy atom. The maximum atomic E-state index is 9.84. The number of amidine groups is 1. The average molecular weight is 273 g/mol. The topological polar surface area (TPSA) is 183 Å². The van der Waals surface area contributed by atoms with E-state index in [0.29, 0.717) is 0 Å². The summed E-state index contributed by atoms with van der Waals surface area (Å²) >= 11 is 0. The van der Waals surface area contributed by atoms with Gasteiger partial charge >= 0.3 is 0 Å². The first-order chi connectivity index (χ1) is 9.01. The third-order valence-electron chi connectivity index (χ3n) is 3.01. The van der Waals surface area contributed by atoms with Gasteiger partial charge in [-0.15, -0.1) is 0 Å². The van der Waals surface area contributed by atoms with Gasteiger partial charge in [-0.1, -0.05) is 5.16 Å². The summed E-state index contributed by atoms with van der Waals surface area (Å²) in [6.07, 6.45) is -4.43. The van der Waals surface area contributed by atoms with Crippen molar-refractivity contribution in [3.05, 3.63) is 11.4 Å². The summed E-state index contributed by atoms with van der Waals surface area (Å²) in [7, 11) is 0. The Morgan fingerprint density at radius 3 is 2.63 bits per heavy atom. The van der Waals surface area contributed by atoms with E-state index in [1.165, 1.54) is 0 Å². The van der Waals surface area contributed by atoms with Crippen molar-refractivity contribution in [3.63, 3.8) is 0 Å². The Hall–Kier alpha value is -1.88. The highest BCUT2D eigenvalue weighted by atomic mass is 16.6. The van der Waals surface area contributed by atoms with Crippen LogP contribution in [0.2, 0.25) is 0 Å². The van der Waals surface area contributed by atoms with Crippen LogP contribution in [0.25, 0.3) is 0 Å². The quantitative estimate of drug-likeness (QED) is 0.134. The Balaban J connectivity index is 2.31. The second-order valence-electron chi connectivity index (χ2n) is 4.14. The number of nitrogen functional groups attached to an aromatic ring is 1. The number of aliphatic hydroxyl groups is 3. The molecule has 0 aromatic carbocycles. The molecular formula is C9H15N5O5. The van der Waals surface area contributed by atoms with E-state index in [1.807, 2.05) is 0 Å². The molecule has 4 atom stereocenters. The molecule has 1 aromatic rings. The Bertz CT molecular complexity index is 489. The summed E-state index contributed by atoms with van der Waals surface area (Å²) < 4.78 is 5.28. The number of H-pyrrole nitrogens is 1. The minimum Gasteiger partial charge on any atom is -0.409 e. The summed E-state index contributed by atoms with van der Waals surface area (Å²) in [5, 5.41) is 46.0. The van der Waals surface area contributed by atoms with Crippen molar-refractivity contribution in [2.75, 3.05) is 12.3 Å². The monoisotopic (exact) mass is 273 g/mol. The number of aromatic nitrogens is 2. The number of hydrogen-bond acceptors (Lipinski definition) is 8. The molecule has 19 heavy (non-hydrogen) atoms. The van der Waals surface area contributed by atoms with Gasteiger partial charge in [-0.25, -0.2) is 0 Å². The van der Waals surface area contributed by atoms with Crippen LogP contribution in [0.3, 0.4) is 0 Å². The van der Waals surface area contributed by atoms with Crippen LogP contribution < -0.4 is 11.5 Å². The lowest BCUT2D eigenvalue weighted by molar-refractivity contribution is -0.0237. The standard InChI is InChI=1S/C9H15N5O5/c10-3-4(12-13-5(3)9(11)14-18)8-7(17)6(16)2(1-15)19-8/h2,6-8,15-18H,1,10H2,(H2,11,14)(H,12,13)/t2-,6-,7-,8+/m1/s1. The molecule has 10 nitrogen and oxygen atoms in total. The molecule has 2 heterocycles. The summed E-state index contributed by atoms with van der Waals surface area (Å²) in [6.45, 7) is -0.449. The molecule has 0 bridgehead atoms. The number of hydrogen-bond donors (Lipinski definition) is 7. The SMILES string of the molecule is N/C(=N\O)c1n[nH]c([C@@H]2O[C@H](CO)[C@@H](O)[C@H]2O)c1N. The van der Waals surface area contributed by atoms with E-state index in [-0.39, 0.29) is 22.9 Å². The third-order valence-corrected chi connectivity index (χ3v) is 3.01. The number of aromatic amines is 1. The molecule has 0 unspecified atom stereocenters. The zero-order valence-corrected chi connectivity index (χ0v) is 9.76. The Morgan fingerprint density at radius 1 is 1.42 bits per heavy atom. The molecule has 0 saturated carbocycles. The van der Waals surface area contributed by atoms with Crippen molar-refractivity contribution >= 4 is 11.5 Å². The molecule has 1 fully saturated rings. The number of nitrogens with one attached hydrogen (secondary N) is 1. The molecule has 10 heteroatoms. The van der Waals surface area contributed by atoms with Crippen molar-refractivity contribution < 1.29 is 25.3 Å². The van der Waals surface area contributed by atoms with Gasteiger partial charge in [0.15, 0.2) is 11.5 Å². The van der Waals surface area contributed by atoms with E-state index in [4.69, 9.17) is 26.5 Å². The summed E-state index contributed by atoms with van der Waals surface area (Å²) in [5.41, 5.74) is 11.3. The number of nitrogens with zero attached hydrogens (tertiary/aromatic N) is 2. The fourth-order valence-corrected chi connectivity index (χ4v) is 1.96. The largest absolute Gasteiger partial charge is 0.409 e. The molecule has 1 saturated heterocycles. The van der Waals surface area contributed by atoms with Crippen molar-refractivity contribution in [3.8, 4) is 0 Å². The van der Waals surface area contributed by atoms with E-state index in [0.717, 1.165) is 0 Å². The van der Waals surface area contributed by atoms with Crippen LogP contribution in [0.1, 0.15) is 17.5 Å². The van der Waals surface area contributed by atoms with Crippen molar-refractivity contribution in [1.29, 1.82) is 0 Å². The van der Waals surface area contributed by atoms with Crippen LogP contribution >= 0.6 is 0 Å². The van der Waals surface area contributed by atoms with Gasteiger partial charge in [-0.3, -0.25) is 5.10 Å². The maximum Gasteiger partial charge on any atom is 0.192 e. The van der Waals surface area contributed by atoms with E-state index in [9.17, 15) is 10.2 Å². The van der Waals surface area contributed by atoms with E-state index < -0.39 is 31.0 Å². The van der Waals surface area contributed by atoms with Crippen LogP contribution in [-0.4, -0.2) is 61.5 Å². The van der Waals surface area contributed by atoms with E-state index in [1.54, 1.807) is 0 Å². The zero-order chi connectivity index (χ0) is 14.2. The lowest BCUT2D eigenvalue weighted by atomic mass is 10.0. The molecule has 0 aliphatic carbocycles. The van der Waals surface area contributed by atoms with Crippen molar-refractivity contribution in [1.82, 2.24) is 10.2 Å². The Labute approximate surface area is 107 Å². The van der Waals surface area contributed by atoms with E-state index in [2.05, 4.69) is 15.4 Å². The summed E-state index contributed by atoms with van der Waals surface area (Å²) in [6, 6.07) is 0. The minimum atomic E-state index is -1.28. The molecule has 1 aliphatic heterocycles. The molecular weight excluding hydrogens is 258 g/mol. The summed E-state index contributed by atoms with van der Waals surface area (Å²) in [4.78, 5) is 0. The molecule has 106 valence electrons. The summed E-state index contributed by atoms with van der Waals surface area (Å²) in [5.74, 6) is -0.299. The molecule has 0 radical (unpaired) electrons. The van der Waals surface area contributed by atoms with Gasteiger partial charge < -0.3 is 36.7 Å². The van der Waals surface area contributed by atoms with Crippen LogP contribution in [0.15, 0.2) is 5.16 Å². The number of anilines is 1. The minimum absolute atomic E-state index is 0.00948. The predicted octanol–water partition coefficient (Wildman–Crippen LogP) is -2.76. The normalized spacial score (nSPS) is 31.8. The smallest absolute Gasteiger partial charge is 0.192 e. The number of aliphatic hydroxyl groups excluding tert-OH is 3. The molecule has 0 spiro atoms. The second kappa shape index (κ2) is 5.01. The highest BCUT2D eigenvalue weighted by Gasteiger charge is 2.44.